The van der Waals surface area contributed by atoms with Gasteiger partial charge >= 0.3 is 0 Å². The van der Waals surface area contributed by atoms with E-state index in [1.54, 1.807) is 4.90 Å². The molecule has 0 saturated carbocycles. The molecule has 1 fully saturated rings. The van der Waals surface area contributed by atoms with Gasteiger partial charge in [-0.05, 0) is 26.1 Å². The van der Waals surface area contributed by atoms with Crippen molar-refractivity contribution in [1.29, 1.82) is 0 Å². The predicted octanol–water partition coefficient (Wildman–Crippen LogP) is 1.58. The van der Waals surface area contributed by atoms with Gasteiger partial charge in [0.1, 0.15) is 9.98 Å². The summed E-state index contributed by atoms with van der Waals surface area (Å²) >= 11 is 15.4. The lowest BCUT2D eigenvalue weighted by atomic mass is 10.3. The first-order valence-electron chi connectivity index (χ1n) is 3.62. The molecular formula is C7H10N2S3. The first-order chi connectivity index (χ1) is 5.46. The Hall–Kier alpha value is -0.130. The lowest BCUT2D eigenvalue weighted by molar-refractivity contribution is 0.500. The van der Waals surface area contributed by atoms with Gasteiger partial charge in [0, 0.05) is 13.1 Å². The fourth-order valence-corrected chi connectivity index (χ4v) is 2.17. The smallest absolute Gasteiger partial charge is 0.182 e. The largest absolute Gasteiger partial charge is 0.310 e. The summed E-state index contributed by atoms with van der Waals surface area (Å²) in [5, 5.41) is 0.708. The Kier molecular flexibility index (Phi) is 2.75. The van der Waals surface area contributed by atoms with Crippen LogP contribution in [-0.2, 0) is 0 Å². The van der Waals surface area contributed by atoms with Crippen molar-refractivity contribution in [3.8, 4) is 0 Å². The molecule has 5 heteroatoms. The molecule has 66 valence electrons. The molecule has 0 atom stereocenters. The molecule has 1 rings (SSSR count). The van der Waals surface area contributed by atoms with Crippen molar-refractivity contribution < 1.29 is 0 Å². The van der Waals surface area contributed by atoms with Crippen LogP contribution in [0.2, 0.25) is 0 Å². The fraction of sp³-hybridized carbons (Fsp3) is 0.571. The van der Waals surface area contributed by atoms with E-state index < -0.39 is 0 Å². The molecule has 1 heterocycles. The van der Waals surface area contributed by atoms with Gasteiger partial charge in [0.2, 0.25) is 0 Å². The minimum absolute atomic E-state index is 0.285. The Morgan fingerprint density at radius 3 is 1.75 bits per heavy atom. The number of rotatable bonds is 1. The highest BCUT2D eigenvalue weighted by atomic mass is 32.1. The van der Waals surface area contributed by atoms with Gasteiger partial charge in [-0.15, -0.1) is 0 Å². The second kappa shape index (κ2) is 3.32. The van der Waals surface area contributed by atoms with E-state index in [9.17, 15) is 0 Å². The van der Waals surface area contributed by atoms with E-state index in [-0.39, 0.29) is 6.04 Å². The van der Waals surface area contributed by atoms with Crippen LogP contribution in [0, 0.1) is 0 Å². The summed E-state index contributed by atoms with van der Waals surface area (Å²) in [6.07, 6.45) is 0. The number of thiocarbonyl (C=S) groups is 3. The maximum absolute atomic E-state index is 5.17. The van der Waals surface area contributed by atoms with E-state index in [0.717, 1.165) is 0 Å². The summed E-state index contributed by atoms with van der Waals surface area (Å²) in [5.74, 6) is 0. The lowest BCUT2D eigenvalue weighted by Crippen LogP contribution is -2.36. The summed E-state index contributed by atoms with van der Waals surface area (Å²) in [4.78, 5) is 5.00. The van der Waals surface area contributed by atoms with Gasteiger partial charge in [-0.25, -0.2) is 0 Å². The van der Waals surface area contributed by atoms with Crippen LogP contribution in [0.4, 0.5) is 0 Å². The van der Waals surface area contributed by atoms with Crippen LogP contribution in [0.25, 0.3) is 0 Å². The third-order valence-electron chi connectivity index (χ3n) is 1.72. The zero-order valence-corrected chi connectivity index (χ0v) is 9.65. The van der Waals surface area contributed by atoms with E-state index in [0.29, 0.717) is 15.1 Å². The van der Waals surface area contributed by atoms with Crippen LogP contribution in [-0.4, -0.2) is 38.0 Å². The standard InChI is InChI=1S/C7H10N2S3/c1-4(2)9-6(11)5(10)8(3)7(9)12/h4H,1-3H3. The first-order valence-corrected chi connectivity index (χ1v) is 4.84. The molecule has 1 aliphatic rings. The molecule has 1 aliphatic heterocycles. The number of likely N-dealkylation sites (N-methyl/N-ethyl adjacent to an activating group) is 1. The lowest BCUT2D eigenvalue weighted by Gasteiger charge is -2.21. The average molecular weight is 218 g/mol. The summed E-state index contributed by atoms with van der Waals surface area (Å²) < 4.78 is 0. The molecular weight excluding hydrogens is 208 g/mol. The molecule has 0 N–H and O–H groups in total. The molecule has 0 amide bonds. The van der Waals surface area contributed by atoms with Gasteiger partial charge in [0.25, 0.3) is 0 Å². The number of hydrogen-bond donors (Lipinski definition) is 0. The van der Waals surface area contributed by atoms with Gasteiger partial charge in [0.15, 0.2) is 5.11 Å². The molecule has 1 saturated heterocycles. The second-order valence-corrected chi connectivity index (χ2v) is 4.05. The summed E-state index contributed by atoms with van der Waals surface area (Å²) in [6, 6.07) is 0.285. The first kappa shape index (κ1) is 9.95. The second-order valence-electron chi connectivity index (χ2n) is 2.92. The molecule has 0 aromatic rings. The molecule has 0 radical (unpaired) electrons. The highest BCUT2D eigenvalue weighted by Gasteiger charge is 2.33. The summed E-state index contributed by atoms with van der Waals surface area (Å²) in [5.41, 5.74) is 0. The molecule has 2 nitrogen and oxygen atoms in total. The van der Waals surface area contributed by atoms with Crippen LogP contribution in [0.15, 0.2) is 0 Å². The van der Waals surface area contributed by atoms with Crippen molar-refractivity contribution in [3.63, 3.8) is 0 Å². The quantitative estimate of drug-likeness (QED) is 0.615. The van der Waals surface area contributed by atoms with E-state index in [4.69, 9.17) is 36.7 Å². The Labute approximate surface area is 88.5 Å². The average Bonchev–Trinajstić information content (AvgIpc) is 2.16. The van der Waals surface area contributed by atoms with Gasteiger partial charge in [-0.2, -0.15) is 0 Å². The van der Waals surface area contributed by atoms with Crippen molar-refractivity contribution in [2.24, 2.45) is 0 Å². The molecule has 0 bridgehead atoms. The molecule has 0 aromatic heterocycles. The van der Waals surface area contributed by atoms with Crippen LogP contribution in [0.1, 0.15) is 13.8 Å². The van der Waals surface area contributed by atoms with Gasteiger partial charge in [-0.1, -0.05) is 24.4 Å². The highest BCUT2D eigenvalue weighted by molar-refractivity contribution is 7.90. The minimum atomic E-state index is 0.285. The Bertz CT molecular complexity index is 259. The third kappa shape index (κ3) is 1.36. The van der Waals surface area contributed by atoms with E-state index in [1.807, 2.05) is 25.8 Å². The zero-order chi connectivity index (χ0) is 9.46. The Morgan fingerprint density at radius 1 is 1.08 bits per heavy atom. The van der Waals surface area contributed by atoms with E-state index in [2.05, 4.69) is 0 Å². The maximum Gasteiger partial charge on any atom is 0.182 e. The van der Waals surface area contributed by atoms with Crippen LogP contribution >= 0.6 is 36.7 Å². The molecule has 0 aromatic carbocycles. The highest BCUT2D eigenvalue weighted by Crippen LogP contribution is 2.16. The van der Waals surface area contributed by atoms with Crippen molar-refractivity contribution in [2.75, 3.05) is 7.05 Å². The van der Waals surface area contributed by atoms with Gasteiger partial charge < -0.3 is 9.80 Å². The maximum atomic E-state index is 5.17. The molecule has 0 spiro atoms. The van der Waals surface area contributed by atoms with Gasteiger partial charge in [0.05, 0.1) is 0 Å². The van der Waals surface area contributed by atoms with Crippen molar-refractivity contribution in [3.05, 3.63) is 0 Å². The molecule has 0 unspecified atom stereocenters. The van der Waals surface area contributed by atoms with E-state index >= 15 is 0 Å². The number of nitrogens with zero attached hydrogens (tertiary/aromatic N) is 2. The SMILES string of the molecule is CC(C)N1C(=S)C(=S)N(C)C1=S. The number of hydrogen-bond acceptors (Lipinski definition) is 3. The monoisotopic (exact) mass is 218 g/mol. The van der Waals surface area contributed by atoms with E-state index in [1.165, 1.54) is 0 Å². The Morgan fingerprint density at radius 2 is 1.58 bits per heavy atom. The molecule has 0 aliphatic carbocycles. The van der Waals surface area contributed by atoms with Crippen LogP contribution in [0.5, 0.6) is 0 Å². The topological polar surface area (TPSA) is 6.48 Å². The normalized spacial score (nSPS) is 18.5. The van der Waals surface area contributed by atoms with Crippen molar-refractivity contribution in [2.45, 2.75) is 19.9 Å². The van der Waals surface area contributed by atoms with Crippen LogP contribution < -0.4 is 0 Å². The third-order valence-corrected chi connectivity index (χ3v) is 3.17. The predicted molar refractivity (Wildman–Crippen MR) is 62.5 cm³/mol. The van der Waals surface area contributed by atoms with Gasteiger partial charge in [-0.3, -0.25) is 0 Å². The fourth-order valence-electron chi connectivity index (χ4n) is 1.04. The Balaban J connectivity index is 2.99. The zero-order valence-electron chi connectivity index (χ0n) is 7.20. The minimum Gasteiger partial charge on any atom is -0.310 e. The van der Waals surface area contributed by atoms with Crippen LogP contribution in [0.3, 0.4) is 0 Å². The van der Waals surface area contributed by atoms with Crippen molar-refractivity contribution >= 4 is 51.7 Å². The van der Waals surface area contributed by atoms with Crippen molar-refractivity contribution in [1.82, 2.24) is 9.80 Å². The summed E-state index contributed by atoms with van der Waals surface area (Å²) in [6.45, 7) is 4.08. The summed E-state index contributed by atoms with van der Waals surface area (Å²) in [7, 11) is 1.85. The molecule has 12 heavy (non-hydrogen) atoms.